The van der Waals surface area contributed by atoms with E-state index in [1.807, 2.05) is 6.92 Å². The lowest BCUT2D eigenvalue weighted by Gasteiger charge is -2.16. The number of carbonyl (C=O) groups excluding carboxylic acids is 1. The molecule has 0 spiro atoms. The fourth-order valence-electron chi connectivity index (χ4n) is 1.88. The van der Waals surface area contributed by atoms with Crippen LogP contribution in [0.15, 0.2) is 18.2 Å². The minimum Gasteiger partial charge on any atom is -0.481 e. The third-order valence-electron chi connectivity index (χ3n) is 2.84. The number of amides is 2. The molecule has 0 radical (unpaired) electrons. The summed E-state index contributed by atoms with van der Waals surface area (Å²) in [6.45, 7) is 1.69. The van der Waals surface area contributed by atoms with Gasteiger partial charge in [-0.05, 0) is 24.6 Å². The third kappa shape index (κ3) is 6.20. The molecule has 1 unspecified atom stereocenters. The zero-order chi connectivity index (χ0) is 15.8. The number of halogens is 2. The number of carboxylic acid groups (broad SMARTS) is 1. The summed E-state index contributed by atoms with van der Waals surface area (Å²) < 4.78 is 26.3. The van der Waals surface area contributed by atoms with Crippen LogP contribution >= 0.6 is 0 Å². The van der Waals surface area contributed by atoms with Gasteiger partial charge in [-0.25, -0.2) is 13.6 Å². The van der Waals surface area contributed by atoms with Crippen molar-refractivity contribution in [2.45, 2.75) is 38.8 Å². The van der Waals surface area contributed by atoms with E-state index in [1.54, 1.807) is 0 Å². The van der Waals surface area contributed by atoms with Crippen molar-refractivity contribution in [3.63, 3.8) is 0 Å². The Hall–Kier alpha value is -2.18. The highest BCUT2D eigenvalue weighted by Gasteiger charge is 2.15. The van der Waals surface area contributed by atoms with E-state index in [1.165, 1.54) is 0 Å². The molecular weight excluding hydrogens is 282 g/mol. The topological polar surface area (TPSA) is 78.4 Å². The predicted octanol–water partition coefficient (Wildman–Crippen LogP) is 2.41. The number of aliphatic carboxylic acids is 1. The fraction of sp³-hybridized carbons (Fsp3) is 0.429. The second kappa shape index (κ2) is 8.18. The van der Waals surface area contributed by atoms with E-state index in [9.17, 15) is 18.4 Å². The van der Waals surface area contributed by atoms with Crippen molar-refractivity contribution >= 4 is 12.0 Å². The van der Waals surface area contributed by atoms with E-state index >= 15 is 0 Å². The first-order valence-corrected chi connectivity index (χ1v) is 6.62. The second-order valence-corrected chi connectivity index (χ2v) is 4.65. The normalized spacial score (nSPS) is 11.8. The fourth-order valence-corrected chi connectivity index (χ4v) is 1.88. The highest BCUT2D eigenvalue weighted by Crippen LogP contribution is 2.09. The average molecular weight is 300 g/mol. The summed E-state index contributed by atoms with van der Waals surface area (Å²) in [7, 11) is 0. The summed E-state index contributed by atoms with van der Waals surface area (Å²) in [6.07, 6.45) is 1.06. The Balaban J connectivity index is 2.52. The van der Waals surface area contributed by atoms with Crippen molar-refractivity contribution in [1.82, 2.24) is 10.6 Å². The second-order valence-electron chi connectivity index (χ2n) is 4.65. The van der Waals surface area contributed by atoms with Crippen LogP contribution in [0.1, 0.15) is 31.7 Å². The lowest BCUT2D eigenvalue weighted by atomic mass is 10.1. The van der Waals surface area contributed by atoms with Gasteiger partial charge in [-0.15, -0.1) is 0 Å². The molecule has 0 fully saturated rings. The first kappa shape index (κ1) is 16.9. The van der Waals surface area contributed by atoms with Crippen LogP contribution in [0.4, 0.5) is 13.6 Å². The van der Waals surface area contributed by atoms with Crippen LogP contribution in [0.2, 0.25) is 0 Å². The molecule has 0 aliphatic heterocycles. The molecule has 2 amide bonds. The number of rotatable bonds is 7. The molecule has 1 rings (SSSR count). The SMILES string of the molecule is CCCC(CC(=O)O)NC(=O)NCc1cc(F)ccc1F. The highest BCUT2D eigenvalue weighted by atomic mass is 19.1. The average Bonchev–Trinajstić information content (AvgIpc) is 2.39. The number of benzene rings is 1. The molecule has 0 bridgehead atoms. The maximum absolute atomic E-state index is 13.4. The van der Waals surface area contributed by atoms with Crippen LogP contribution in [0.3, 0.4) is 0 Å². The maximum atomic E-state index is 13.4. The van der Waals surface area contributed by atoms with E-state index in [4.69, 9.17) is 5.11 Å². The van der Waals surface area contributed by atoms with Gasteiger partial charge in [-0.3, -0.25) is 4.79 Å². The van der Waals surface area contributed by atoms with Crippen molar-refractivity contribution in [2.24, 2.45) is 0 Å². The Morgan fingerprint density at radius 1 is 1.33 bits per heavy atom. The Morgan fingerprint density at radius 2 is 2.05 bits per heavy atom. The van der Waals surface area contributed by atoms with Crippen LogP contribution in [0, 0.1) is 11.6 Å². The van der Waals surface area contributed by atoms with Gasteiger partial charge in [0.2, 0.25) is 0 Å². The first-order valence-electron chi connectivity index (χ1n) is 6.62. The van der Waals surface area contributed by atoms with Gasteiger partial charge in [-0.1, -0.05) is 13.3 Å². The number of carboxylic acids is 1. The van der Waals surface area contributed by atoms with E-state index in [0.29, 0.717) is 6.42 Å². The highest BCUT2D eigenvalue weighted by molar-refractivity contribution is 5.75. The zero-order valence-corrected chi connectivity index (χ0v) is 11.7. The quantitative estimate of drug-likeness (QED) is 0.723. The molecule has 1 aromatic rings. The van der Waals surface area contributed by atoms with Crippen molar-refractivity contribution in [2.75, 3.05) is 0 Å². The van der Waals surface area contributed by atoms with Crippen molar-refractivity contribution in [3.8, 4) is 0 Å². The number of hydrogen-bond donors (Lipinski definition) is 3. The van der Waals surface area contributed by atoms with Gasteiger partial charge in [0.05, 0.1) is 6.42 Å². The molecule has 21 heavy (non-hydrogen) atoms. The minimum absolute atomic E-state index is 0.0235. The number of hydrogen-bond acceptors (Lipinski definition) is 2. The number of carbonyl (C=O) groups is 2. The largest absolute Gasteiger partial charge is 0.481 e. The molecule has 7 heteroatoms. The molecule has 0 saturated carbocycles. The van der Waals surface area contributed by atoms with E-state index in [-0.39, 0.29) is 18.5 Å². The Bertz CT molecular complexity index is 509. The van der Waals surface area contributed by atoms with Gasteiger partial charge in [0, 0.05) is 18.2 Å². The molecule has 5 nitrogen and oxygen atoms in total. The van der Waals surface area contributed by atoms with Gasteiger partial charge >= 0.3 is 12.0 Å². The number of urea groups is 1. The van der Waals surface area contributed by atoms with Gasteiger partial charge < -0.3 is 15.7 Å². The Labute approximate surface area is 121 Å². The Morgan fingerprint density at radius 3 is 2.67 bits per heavy atom. The van der Waals surface area contributed by atoms with Gasteiger partial charge in [-0.2, -0.15) is 0 Å². The Kier molecular flexibility index (Phi) is 6.58. The summed E-state index contributed by atoms with van der Waals surface area (Å²) >= 11 is 0. The molecule has 1 atom stereocenters. The molecule has 1 aromatic carbocycles. The van der Waals surface area contributed by atoms with E-state index in [2.05, 4.69) is 10.6 Å². The van der Waals surface area contributed by atoms with E-state index in [0.717, 1.165) is 24.6 Å². The van der Waals surface area contributed by atoms with Gasteiger partial charge in [0.25, 0.3) is 0 Å². The minimum atomic E-state index is -1.01. The van der Waals surface area contributed by atoms with Crippen LogP contribution in [0.25, 0.3) is 0 Å². The summed E-state index contributed by atoms with van der Waals surface area (Å²) in [6, 6.07) is 1.86. The van der Waals surface area contributed by atoms with Crippen molar-refractivity contribution in [3.05, 3.63) is 35.4 Å². The van der Waals surface area contributed by atoms with Crippen LogP contribution in [-0.2, 0) is 11.3 Å². The summed E-state index contributed by atoms with van der Waals surface area (Å²) in [4.78, 5) is 22.3. The lowest BCUT2D eigenvalue weighted by molar-refractivity contribution is -0.137. The van der Waals surface area contributed by atoms with Crippen LogP contribution < -0.4 is 10.6 Å². The third-order valence-corrected chi connectivity index (χ3v) is 2.84. The lowest BCUT2D eigenvalue weighted by Crippen LogP contribution is -2.42. The molecule has 0 aliphatic rings. The molecule has 3 N–H and O–H groups in total. The summed E-state index contributed by atoms with van der Waals surface area (Å²) in [5.41, 5.74) is 0.0235. The monoisotopic (exact) mass is 300 g/mol. The first-order chi connectivity index (χ1) is 9.92. The summed E-state index contributed by atoms with van der Waals surface area (Å²) in [5, 5.41) is 13.6. The van der Waals surface area contributed by atoms with Crippen LogP contribution in [-0.4, -0.2) is 23.1 Å². The van der Waals surface area contributed by atoms with Gasteiger partial charge in [0.15, 0.2) is 0 Å². The van der Waals surface area contributed by atoms with E-state index < -0.39 is 29.7 Å². The van der Waals surface area contributed by atoms with Crippen LogP contribution in [0.5, 0.6) is 0 Å². The standard InChI is InChI=1S/C14H18F2N2O3/c1-2-3-11(7-13(19)20)18-14(21)17-8-9-6-10(15)4-5-12(9)16/h4-6,11H,2-3,7-8H2,1H3,(H,19,20)(H2,17,18,21). The molecule has 116 valence electrons. The molecular formula is C14H18F2N2O3. The molecule has 0 saturated heterocycles. The van der Waals surface area contributed by atoms with Crippen molar-refractivity contribution in [1.29, 1.82) is 0 Å². The molecule has 0 aliphatic carbocycles. The van der Waals surface area contributed by atoms with Gasteiger partial charge in [0.1, 0.15) is 11.6 Å². The zero-order valence-electron chi connectivity index (χ0n) is 11.7. The van der Waals surface area contributed by atoms with Crippen molar-refractivity contribution < 1.29 is 23.5 Å². The predicted molar refractivity (Wildman–Crippen MR) is 72.7 cm³/mol. The number of nitrogens with one attached hydrogen (secondary N) is 2. The maximum Gasteiger partial charge on any atom is 0.315 e. The molecule has 0 aromatic heterocycles. The molecule has 0 heterocycles. The smallest absolute Gasteiger partial charge is 0.315 e. The summed E-state index contributed by atoms with van der Waals surface area (Å²) in [5.74, 6) is -2.22.